The lowest BCUT2D eigenvalue weighted by Crippen LogP contribution is -2.28. The van der Waals surface area contributed by atoms with Gasteiger partial charge >= 0.3 is 0 Å². The Labute approximate surface area is 732 Å². The fourth-order valence-corrected chi connectivity index (χ4v) is 22.2. The van der Waals surface area contributed by atoms with Crippen LogP contribution in [0.4, 0.5) is 0 Å². The number of hydrogen-bond acceptors (Lipinski definition) is 0. The molecule has 0 saturated carbocycles. The van der Waals surface area contributed by atoms with Crippen molar-refractivity contribution in [3.63, 3.8) is 0 Å². The predicted octanol–water partition coefficient (Wildman–Crippen LogP) is 35.2. The van der Waals surface area contributed by atoms with Crippen LogP contribution in [0, 0.1) is 0 Å². The quantitative estimate of drug-likeness (QED) is 0.0527. The first kappa shape index (κ1) is 75.4. The Kier molecular flexibility index (Phi) is 19.1. The second kappa shape index (κ2) is 31.7. The number of rotatable bonds is 20. The van der Waals surface area contributed by atoms with Crippen LogP contribution in [-0.4, -0.2) is 0 Å². The van der Waals surface area contributed by atoms with E-state index in [0.717, 1.165) is 12.8 Å². The topological polar surface area (TPSA) is 0 Å². The molecule has 0 radical (unpaired) electrons. The van der Waals surface area contributed by atoms with Crippen molar-refractivity contribution >= 4 is 108 Å². The van der Waals surface area contributed by atoms with Crippen molar-refractivity contribution in [3.8, 4) is 100 Å². The van der Waals surface area contributed by atoms with E-state index in [1.165, 1.54) is 293 Å². The molecule has 0 heteroatoms. The maximum atomic E-state index is 2.61. The molecule has 0 unspecified atom stereocenters. The minimum Gasteiger partial charge on any atom is -0.0654 e. The molecule has 0 aliphatic heterocycles. The van der Waals surface area contributed by atoms with Gasteiger partial charge in [-0.25, -0.2) is 0 Å². The van der Waals surface area contributed by atoms with Crippen LogP contribution < -0.4 is 0 Å². The molecule has 1 aliphatic carbocycles. The van der Waals surface area contributed by atoms with Gasteiger partial charge in [-0.2, -0.15) is 0 Å². The Morgan fingerprint density at radius 3 is 0.704 bits per heavy atom. The molecule has 0 atom stereocenters. The third-order valence-electron chi connectivity index (χ3n) is 28.0. The van der Waals surface area contributed by atoms with Crippen LogP contribution in [0.15, 0.2) is 413 Å². The molecule has 0 fully saturated rings. The molecule has 594 valence electrons. The molecule has 0 aromatic heterocycles. The van der Waals surface area contributed by atoms with E-state index in [2.05, 4.69) is 426 Å². The standard InChI is InChI=1S/C125H94/c1-3-5-7-9-33-81-59-65-87(66-60-81)125(88-67-61-82(62-68-88)34-10-8-6-4-2)119-79-85(91-71-75-115(99-45-19-15-41-93(91)99)121-107-49-23-27-53-111(107)123(112-54-28-24-50-108(112)121)117-77-73-103(97-43-17-21-47-101(97)117)95-57-31-37-83-35-11-13-39-89(83)95)63-69-105(119)106-70-64-86(80-120(106)125)92-72-76-116(100-46-20-16-42-94(92)100)122-109-51-25-29-55-113(109)124(114-56-30-26-52-110(114)122)118-78-74-104(98-44-18-22-48-102(98)118)96-58-32-38-84-36-12-14-40-90(84)96/h11-32,35-80H,3-10,33-34H2,1-2H3. The molecule has 0 saturated heterocycles. The fraction of sp³-hybridized carbons (Fsp3) is 0.104. The van der Waals surface area contributed by atoms with Gasteiger partial charge in [0.2, 0.25) is 0 Å². The molecule has 0 spiro atoms. The van der Waals surface area contributed by atoms with E-state index >= 15 is 0 Å². The largest absolute Gasteiger partial charge is 0.0714 e. The summed E-state index contributed by atoms with van der Waals surface area (Å²) in [6.07, 6.45) is 11.9. The highest BCUT2D eigenvalue weighted by Crippen LogP contribution is 2.60. The molecule has 1 aliphatic rings. The summed E-state index contributed by atoms with van der Waals surface area (Å²) in [4.78, 5) is 0. The van der Waals surface area contributed by atoms with E-state index in [9.17, 15) is 0 Å². The number of fused-ring (bicyclic) bond motifs is 13. The van der Waals surface area contributed by atoms with Gasteiger partial charge < -0.3 is 0 Å². The number of aryl methyl sites for hydroxylation is 2. The molecule has 125 heavy (non-hydrogen) atoms. The summed E-state index contributed by atoms with van der Waals surface area (Å²) in [5.74, 6) is 0. The SMILES string of the molecule is CCCCCCc1ccc(C2(c3ccc(CCCCCC)cc3)c3cc(-c4ccc(-c5c6ccccc6c(-c6ccc(-c7cccc8ccccc78)c7ccccc67)c6ccccc56)c5ccccc45)ccc3-c3ccc(-c4ccc(-c5c6ccccc6c(-c6ccc(-c7cccc8ccccc78)c7ccccc67)c6ccccc56)c5ccccc45)cc32)cc1. The zero-order valence-corrected chi connectivity index (χ0v) is 70.8. The van der Waals surface area contributed by atoms with Crippen LogP contribution in [0.25, 0.3) is 208 Å². The van der Waals surface area contributed by atoms with Gasteiger partial charge in [-0.3, -0.25) is 0 Å². The van der Waals surface area contributed by atoms with Crippen LogP contribution in [0.2, 0.25) is 0 Å². The van der Waals surface area contributed by atoms with Gasteiger partial charge in [0.1, 0.15) is 0 Å². The number of benzene rings is 22. The zero-order valence-electron chi connectivity index (χ0n) is 70.8. The lowest BCUT2D eigenvalue weighted by molar-refractivity contribution is 0.666. The lowest BCUT2D eigenvalue weighted by atomic mass is 9.66. The summed E-state index contributed by atoms with van der Waals surface area (Å²) >= 11 is 0. The van der Waals surface area contributed by atoms with E-state index in [1.807, 2.05) is 0 Å². The van der Waals surface area contributed by atoms with Gasteiger partial charge in [0.05, 0.1) is 5.41 Å². The van der Waals surface area contributed by atoms with Gasteiger partial charge in [-0.1, -0.05) is 453 Å². The summed E-state index contributed by atoms with van der Waals surface area (Å²) < 4.78 is 0. The Morgan fingerprint density at radius 1 is 0.168 bits per heavy atom. The van der Waals surface area contributed by atoms with E-state index in [4.69, 9.17) is 0 Å². The average molecular weight is 1600 g/mol. The van der Waals surface area contributed by atoms with Crippen LogP contribution in [0.1, 0.15) is 98.6 Å². The van der Waals surface area contributed by atoms with Crippen molar-refractivity contribution in [2.24, 2.45) is 0 Å². The maximum Gasteiger partial charge on any atom is 0.0714 e. The third kappa shape index (κ3) is 12.5. The zero-order chi connectivity index (χ0) is 83.1. The van der Waals surface area contributed by atoms with E-state index in [0.29, 0.717) is 0 Å². The third-order valence-corrected chi connectivity index (χ3v) is 28.0. The van der Waals surface area contributed by atoms with Gasteiger partial charge in [0.15, 0.2) is 0 Å². The van der Waals surface area contributed by atoms with Crippen molar-refractivity contribution in [2.75, 3.05) is 0 Å². The second-order valence-corrected chi connectivity index (χ2v) is 34.8. The smallest absolute Gasteiger partial charge is 0.0654 e. The number of unbranched alkanes of at least 4 members (excludes halogenated alkanes) is 6. The number of hydrogen-bond donors (Lipinski definition) is 0. The van der Waals surface area contributed by atoms with Crippen LogP contribution >= 0.6 is 0 Å². The minimum absolute atomic E-state index is 0.716. The van der Waals surface area contributed by atoms with E-state index in [1.54, 1.807) is 0 Å². The highest BCUT2D eigenvalue weighted by atomic mass is 14.5. The summed E-state index contributed by atoms with van der Waals surface area (Å²) in [6, 6.07) is 159. The van der Waals surface area contributed by atoms with E-state index in [-0.39, 0.29) is 0 Å². The highest BCUT2D eigenvalue weighted by Gasteiger charge is 2.47. The van der Waals surface area contributed by atoms with Crippen molar-refractivity contribution in [3.05, 3.63) is 446 Å². The van der Waals surface area contributed by atoms with Gasteiger partial charge in [-0.05, 0) is 279 Å². The Morgan fingerprint density at radius 2 is 0.400 bits per heavy atom. The maximum absolute atomic E-state index is 2.61. The summed E-state index contributed by atoms with van der Waals surface area (Å²) in [7, 11) is 0. The minimum atomic E-state index is -0.716. The molecular formula is C125H94. The molecule has 0 amide bonds. The molecule has 0 N–H and O–H groups in total. The second-order valence-electron chi connectivity index (χ2n) is 34.8. The van der Waals surface area contributed by atoms with Gasteiger partial charge in [-0.15, -0.1) is 0 Å². The van der Waals surface area contributed by atoms with Crippen molar-refractivity contribution in [1.29, 1.82) is 0 Å². The predicted molar refractivity (Wildman–Crippen MR) is 538 cm³/mol. The normalized spacial score (nSPS) is 12.5. The summed E-state index contributed by atoms with van der Waals surface area (Å²) in [5.41, 5.74) is 29.6. The molecule has 22 aromatic carbocycles. The molecule has 0 bridgehead atoms. The highest BCUT2D eigenvalue weighted by molar-refractivity contribution is 6.29. The van der Waals surface area contributed by atoms with Crippen LogP contribution in [0.5, 0.6) is 0 Å². The molecule has 0 heterocycles. The molecule has 22 aromatic rings. The monoisotopic (exact) mass is 1590 g/mol. The Balaban J connectivity index is 0.687. The first-order chi connectivity index (χ1) is 62.0. The van der Waals surface area contributed by atoms with E-state index < -0.39 is 5.41 Å². The van der Waals surface area contributed by atoms with Crippen LogP contribution in [-0.2, 0) is 18.3 Å². The van der Waals surface area contributed by atoms with Crippen LogP contribution in [0.3, 0.4) is 0 Å². The Hall–Kier alpha value is -14.6. The van der Waals surface area contributed by atoms with Crippen molar-refractivity contribution in [1.82, 2.24) is 0 Å². The summed E-state index contributed by atoms with van der Waals surface area (Å²) in [5, 5.41) is 24.8. The first-order valence-electron chi connectivity index (χ1n) is 45.4. The lowest BCUT2D eigenvalue weighted by Gasteiger charge is -2.35. The van der Waals surface area contributed by atoms with Crippen molar-refractivity contribution in [2.45, 2.75) is 83.5 Å². The van der Waals surface area contributed by atoms with Gasteiger partial charge in [0, 0.05) is 0 Å². The first-order valence-corrected chi connectivity index (χ1v) is 45.4. The molecule has 0 nitrogen and oxygen atoms in total. The molecule has 23 rings (SSSR count). The summed E-state index contributed by atoms with van der Waals surface area (Å²) in [6.45, 7) is 4.62. The van der Waals surface area contributed by atoms with Gasteiger partial charge in [0.25, 0.3) is 0 Å². The molecular weight excluding hydrogens is 1500 g/mol. The average Bonchev–Trinajstić information content (AvgIpc) is 1.57. The van der Waals surface area contributed by atoms with Crippen molar-refractivity contribution < 1.29 is 0 Å². The Bertz CT molecular complexity index is 7450. The fourth-order valence-electron chi connectivity index (χ4n) is 22.2.